The van der Waals surface area contributed by atoms with Gasteiger partial charge in [0.25, 0.3) is 0 Å². The number of carbonyl (C=O) groups excluding carboxylic acids is 3. The topological polar surface area (TPSA) is 84.5 Å². The SMILES string of the molecule is COC(=O)[C@H](NC(=O)Nc1ccc(C(C)=O)cc1)C(C)C. The average Bonchev–Trinajstić information content (AvgIpc) is 2.44. The van der Waals surface area contributed by atoms with E-state index >= 15 is 0 Å². The molecule has 0 saturated carbocycles. The molecule has 21 heavy (non-hydrogen) atoms. The van der Waals surface area contributed by atoms with Gasteiger partial charge in [0.1, 0.15) is 6.04 Å². The first-order valence-electron chi connectivity index (χ1n) is 6.61. The monoisotopic (exact) mass is 292 g/mol. The fourth-order valence-corrected chi connectivity index (χ4v) is 1.72. The highest BCUT2D eigenvalue weighted by molar-refractivity contribution is 5.96. The number of urea groups is 1. The minimum atomic E-state index is -0.716. The van der Waals surface area contributed by atoms with E-state index in [1.54, 1.807) is 24.3 Å². The third kappa shape index (κ3) is 4.91. The number of ether oxygens (including phenoxy) is 1. The molecule has 0 spiro atoms. The van der Waals surface area contributed by atoms with Crippen molar-refractivity contribution in [3.63, 3.8) is 0 Å². The van der Waals surface area contributed by atoms with Gasteiger partial charge in [-0.25, -0.2) is 9.59 Å². The highest BCUT2D eigenvalue weighted by atomic mass is 16.5. The Morgan fingerprint density at radius 1 is 1.10 bits per heavy atom. The Bertz CT molecular complexity index is 523. The molecule has 0 aliphatic rings. The number of anilines is 1. The van der Waals surface area contributed by atoms with Gasteiger partial charge in [0.05, 0.1) is 7.11 Å². The number of hydrogen-bond donors (Lipinski definition) is 2. The number of amides is 2. The Labute approximate surface area is 123 Å². The normalized spacial score (nSPS) is 11.7. The maximum atomic E-state index is 11.9. The zero-order valence-electron chi connectivity index (χ0n) is 12.6. The van der Waals surface area contributed by atoms with Crippen LogP contribution in [-0.2, 0) is 9.53 Å². The van der Waals surface area contributed by atoms with Crippen LogP contribution in [0.15, 0.2) is 24.3 Å². The van der Waals surface area contributed by atoms with Crippen LogP contribution in [0.25, 0.3) is 0 Å². The second kappa shape index (κ2) is 7.42. The minimum Gasteiger partial charge on any atom is -0.467 e. The summed E-state index contributed by atoms with van der Waals surface area (Å²) in [5.41, 5.74) is 1.10. The van der Waals surface area contributed by atoms with Gasteiger partial charge in [-0.05, 0) is 37.1 Å². The summed E-state index contributed by atoms with van der Waals surface area (Å²) in [5, 5.41) is 5.16. The maximum absolute atomic E-state index is 11.9. The lowest BCUT2D eigenvalue weighted by atomic mass is 10.1. The second-order valence-corrected chi connectivity index (χ2v) is 4.98. The zero-order chi connectivity index (χ0) is 16.0. The lowest BCUT2D eigenvalue weighted by molar-refractivity contribution is -0.143. The number of esters is 1. The first-order valence-corrected chi connectivity index (χ1v) is 6.61. The Hall–Kier alpha value is -2.37. The van der Waals surface area contributed by atoms with E-state index in [1.165, 1.54) is 14.0 Å². The summed E-state index contributed by atoms with van der Waals surface area (Å²) in [6.45, 7) is 5.09. The molecule has 6 nitrogen and oxygen atoms in total. The molecule has 1 atom stereocenters. The number of ketones is 1. The third-order valence-corrected chi connectivity index (χ3v) is 2.96. The van der Waals surface area contributed by atoms with Crippen molar-refractivity contribution in [2.45, 2.75) is 26.8 Å². The van der Waals surface area contributed by atoms with Crippen molar-refractivity contribution in [1.29, 1.82) is 0 Å². The van der Waals surface area contributed by atoms with E-state index in [4.69, 9.17) is 0 Å². The summed E-state index contributed by atoms with van der Waals surface area (Å²) < 4.78 is 4.65. The molecule has 0 unspecified atom stereocenters. The molecule has 0 fully saturated rings. The van der Waals surface area contributed by atoms with Crippen molar-refractivity contribution < 1.29 is 19.1 Å². The lowest BCUT2D eigenvalue weighted by Crippen LogP contribution is -2.46. The summed E-state index contributed by atoms with van der Waals surface area (Å²) >= 11 is 0. The first-order chi connectivity index (χ1) is 9.85. The van der Waals surface area contributed by atoms with Crippen LogP contribution in [0.3, 0.4) is 0 Å². The largest absolute Gasteiger partial charge is 0.467 e. The number of Topliss-reactive ketones (excluding diaryl/α,β-unsaturated/α-hetero) is 1. The summed E-state index contributed by atoms with van der Waals surface area (Å²) in [7, 11) is 1.28. The molecule has 0 bridgehead atoms. The Morgan fingerprint density at radius 2 is 1.67 bits per heavy atom. The van der Waals surface area contributed by atoms with Crippen molar-refractivity contribution in [3.05, 3.63) is 29.8 Å². The van der Waals surface area contributed by atoms with Crippen LogP contribution >= 0.6 is 0 Å². The summed E-state index contributed by atoms with van der Waals surface area (Å²) in [6.07, 6.45) is 0. The molecule has 1 rings (SSSR count). The Balaban J connectivity index is 2.67. The standard InChI is InChI=1S/C15H20N2O4/c1-9(2)13(14(19)21-4)17-15(20)16-12-7-5-11(6-8-12)10(3)18/h5-9,13H,1-4H3,(H2,16,17,20)/t13-/m1/s1. The van der Waals surface area contributed by atoms with E-state index in [-0.39, 0.29) is 11.7 Å². The molecule has 6 heteroatoms. The van der Waals surface area contributed by atoms with Crippen molar-refractivity contribution in [3.8, 4) is 0 Å². The smallest absolute Gasteiger partial charge is 0.328 e. The minimum absolute atomic E-state index is 0.0448. The number of nitrogens with one attached hydrogen (secondary N) is 2. The van der Waals surface area contributed by atoms with Gasteiger partial charge in [-0.3, -0.25) is 4.79 Å². The molecular formula is C15H20N2O4. The van der Waals surface area contributed by atoms with Crippen molar-refractivity contribution >= 4 is 23.5 Å². The highest BCUT2D eigenvalue weighted by Crippen LogP contribution is 2.10. The van der Waals surface area contributed by atoms with Crippen molar-refractivity contribution in [2.24, 2.45) is 5.92 Å². The van der Waals surface area contributed by atoms with Crippen LogP contribution < -0.4 is 10.6 Å². The predicted molar refractivity (Wildman–Crippen MR) is 79.2 cm³/mol. The second-order valence-electron chi connectivity index (χ2n) is 4.98. The van der Waals surface area contributed by atoms with Gasteiger partial charge in [-0.1, -0.05) is 13.8 Å². The summed E-state index contributed by atoms with van der Waals surface area (Å²) in [6, 6.07) is 5.27. The van der Waals surface area contributed by atoms with E-state index in [9.17, 15) is 14.4 Å². The molecule has 0 radical (unpaired) electrons. The van der Waals surface area contributed by atoms with Crippen LogP contribution in [0.1, 0.15) is 31.1 Å². The first kappa shape index (κ1) is 16.7. The lowest BCUT2D eigenvalue weighted by Gasteiger charge is -2.20. The van der Waals surface area contributed by atoms with Gasteiger partial charge in [0.15, 0.2) is 5.78 Å². The van der Waals surface area contributed by atoms with E-state index < -0.39 is 18.0 Å². The van der Waals surface area contributed by atoms with Crippen LogP contribution in [0, 0.1) is 5.92 Å². The average molecular weight is 292 g/mol. The van der Waals surface area contributed by atoms with Crippen LogP contribution in [0.4, 0.5) is 10.5 Å². The predicted octanol–water partition coefficient (Wildman–Crippen LogP) is 2.21. The Kier molecular flexibility index (Phi) is 5.90. The number of hydrogen-bond acceptors (Lipinski definition) is 4. The van der Waals surface area contributed by atoms with E-state index in [1.807, 2.05) is 13.8 Å². The molecular weight excluding hydrogens is 272 g/mol. The molecule has 0 heterocycles. The molecule has 1 aromatic rings. The molecule has 0 aromatic heterocycles. The van der Waals surface area contributed by atoms with Crippen molar-refractivity contribution in [1.82, 2.24) is 5.32 Å². The molecule has 0 aliphatic carbocycles. The summed E-state index contributed by atoms with van der Waals surface area (Å²) in [4.78, 5) is 34.6. The number of benzene rings is 1. The molecule has 0 aliphatic heterocycles. The van der Waals surface area contributed by atoms with Gasteiger partial charge >= 0.3 is 12.0 Å². The van der Waals surface area contributed by atoms with Crippen LogP contribution in [-0.4, -0.2) is 30.9 Å². The van der Waals surface area contributed by atoms with Gasteiger partial charge in [-0.2, -0.15) is 0 Å². The molecule has 114 valence electrons. The fraction of sp³-hybridized carbons (Fsp3) is 0.400. The molecule has 0 saturated heterocycles. The van der Waals surface area contributed by atoms with E-state index in [0.29, 0.717) is 11.3 Å². The van der Waals surface area contributed by atoms with Crippen LogP contribution in [0.2, 0.25) is 0 Å². The number of methoxy groups -OCH3 is 1. The Morgan fingerprint density at radius 3 is 2.10 bits per heavy atom. The fourth-order valence-electron chi connectivity index (χ4n) is 1.72. The molecule has 1 aromatic carbocycles. The molecule has 2 amide bonds. The number of carbonyl (C=O) groups is 3. The van der Waals surface area contributed by atoms with Gasteiger partial charge in [0, 0.05) is 11.3 Å². The van der Waals surface area contributed by atoms with Gasteiger partial charge in [-0.15, -0.1) is 0 Å². The number of rotatable bonds is 5. The third-order valence-electron chi connectivity index (χ3n) is 2.96. The molecule has 2 N–H and O–H groups in total. The maximum Gasteiger partial charge on any atom is 0.328 e. The highest BCUT2D eigenvalue weighted by Gasteiger charge is 2.24. The van der Waals surface area contributed by atoms with Gasteiger partial charge in [0.2, 0.25) is 0 Å². The van der Waals surface area contributed by atoms with E-state index in [2.05, 4.69) is 15.4 Å². The summed E-state index contributed by atoms with van der Waals surface area (Å²) in [5.74, 6) is -0.632. The van der Waals surface area contributed by atoms with E-state index in [0.717, 1.165) is 0 Å². The van der Waals surface area contributed by atoms with Crippen molar-refractivity contribution in [2.75, 3.05) is 12.4 Å². The zero-order valence-corrected chi connectivity index (χ0v) is 12.6. The quantitative estimate of drug-likeness (QED) is 0.643. The van der Waals surface area contributed by atoms with Gasteiger partial charge < -0.3 is 15.4 Å². The van der Waals surface area contributed by atoms with Crippen LogP contribution in [0.5, 0.6) is 0 Å².